The number of aromatic hydroxyl groups is 2. The fraction of sp³-hybridized carbons (Fsp3) is 0.333. The van der Waals surface area contributed by atoms with Crippen LogP contribution in [-0.2, 0) is 4.79 Å². The molecule has 0 unspecified atom stereocenters. The van der Waals surface area contributed by atoms with Crippen LogP contribution in [0.4, 0.5) is 4.79 Å². The van der Waals surface area contributed by atoms with Gasteiger partial charge in [-0.25, -0.2) is 4.79 Å². The van der Waals surface area contributed by atoms with Crippen LogP contribution < -0.4 is 15.4 Å². The Hall–Kier alpha value is -3.13. The summed E-state index contributed by atoms with van der Waals surface area (Å²) < 4.78 is 5.42. The third-order valence-corrected chi connectivity index (χ3v) is 7.07. The molecule has 168 valence electrons. The number of carbonyl (C=O) groups excluding carboxylic acids is 2. The number of nitrogens with one attached hydrogen (secondary N) is 2. The second-order valence-corrected chi connectivity index (χ2v) is 9.30. The first-order valence-electron chi connectivity index (χ1n) is 10.7. The first-order valence-corrected chi connectivity index (χ1v) is 11.7. The molecule has 2 aromatic carbocycles. The number of benzene rings is 2. The van der Waals surface area contributed by atoms with E-state index in [0.29, 0.717) is 23.0 Å². The van der Waals surface area contributed by atoms with Gasteiger partial charge in [-0.1, -0.05) is 30.7 Å². The molecule has 7 nitrogen and oxygen atoms in total. The van der Waals surface area contributed by atoms with Gasteiger partial charge in [0.1, 0.15) is 17.2 Å². The molecule has 0 aliphatic carbocycles. The fourth-order valence-corrected chi connectivity index (χ4v) is 5.54. The monoisotopic (exact) mass is 454 g/mol. The van der Waals surface area contributed by atoms with E-state index in [4.69, 9.17) is 4.74 Å². The van der Waals surface area contributed by atoms with Crippen LogP contribution >= 0.6 is 11.8 Å². The summed E-state index contributed by atoms with van der Waals surface area (Å²) >= 11 is 1.88. The second-order valence-electron chi connectivity index (χ2n) is 8.03. The SMILES string of the molecule is O=C1N[C@H]2[C@H](CS[C@H]2CCCCC(=O)Oc2ccc(/C=C/c3cc(O)cc(O)c3)cc2)N1. The van der Waals surface area contributed by atoms with Crippen molar-refractivity contribution in [1.82, 2.24) is 10.6 Å². The molecule has 2 aliphatic heterocycles. The van der Waals surface area contributed by atoms with Gasteiger partial charge in [-0.3, -0.25) is 4.79 Å². The van der Waals surface area contributed by atoms with Crippen molar-refractivity contribution in [2.75, 3.05) is 5.75 Å². The van der Waals surface area contributed by atoms with Crippen LogP contribution in [0.3, 0.4) is 0 Å². The minimum atomic E-state index is -0.253. The standard InChI is InChI=1S/C24H26N2O5S/c27-17-11-16(12-18(28)13-17)6-5-15-7-9-19(10-8-15)31-22(29)4-2-1-3-21-23-20(14-32-21)25-24(30)26-23/h5-13,20-21,23,27-28H,1-4,14H2,(H2,25,26,30)/b6-5+/t20-,21-,23-/m0/s1. The Morgan fingerprint density at radius 3 is 2.50 bits per heavy atom. The highest BCUT2D eigenvalue weighted by atomic mass is 32.2. The maximum atomic E-state index is 12.1. The minimum Gasteiger partial charge on any atom is -0.508 e. The van der Waals surface area contributed by atoms with Crippen LogP contribution in [0.5, 0.6) is 17.2 Å². The van der Waals surface area contributed by atoms with E-state index < -0.39 is 0 Å². The second kappa shape index (κ2) is 9.99. The van der Waals surface area contributed by atoms with Crippen molar-refractivity contribution in [3.63, 3.8) is 0 Å². The summed E-state index contributed by atoms with van der Waals surface area (Å²) in [5.74, 6) is 1.19. The predicted molar refractivity (Wildman–Crippen MR) is 125 cm³/mol. The van der Waals surface area contributed by atoms with Crippen LogP contribution in [0.25, 0.3) is 12.2 Å². The van der Waals surface area contributed by atoms with E-state index in [0.717, 1.165) is 30.6 Å². The molecule has 0 radical (unpaired) electrons. The van der Waals surface area contributed by atoms with E-state index in [1.807, 2.05) is 30.0 Å². The minimum absolute atomic E-state index is 0.000384. The molecule has 0 spiro atoms. The number of unbranched alkanes of at least 4 members (excludes halogenated alkanes) is 1. The molecule has 32 heavy (non-hydrogen) atoms. The van der Waals surface area contributed by atoms with Crippen molar-refractivity contribution < 1.29 is 24.5 Å². The van der Waals surface area contributed by atoms with E-state index >= 15 is 0 Å². The lowest BCUT2D eigenvalue weighted by atomic mass is 10.0. The van der Waals surface area contributed by atoms with Gasteiger partial charge in [0.2, 0.25) is 0 Å². The normalized spacial score (nSPS) is 21.9. The number of fused-ring (bicyclic) bond motifs is 1. The summed E-state index contributed by atoms with van der Waals surface area (Å²) in [5.41, 5.74) is 1.57. The highest BCUT2D eigenvalue weighted by molar-refractivity contribution is 8.00. The zero-order valence-corrected chi connectivity index (χ0v) is 18.3. The Labute approximate surface area is 190 Å². The van der Waals surface area contributed by atoms with Gasteiger partial charge in [0.05, 0.1) is 12.1 Å². The number of amides is 2. The molecule has 2 aromatic rings. The number of esters is 1. The van der Waals surface area contributed by atoms with Crippen LogP contribution in [0.1, 0.15) is 36.8 Å². The van der Waals surface area contributed by atoms with Gasteiger partial charge in [-0.05, 0) is 48.2 Å². The molecular formula is C24H26N2O5S. The van der Waals surface area contributed by atoms with Crippen molar-refractivity contribution in [3.8, 4) is 17.2 Å². The zero-order valence-electron chi connectivity index (χ0n) is 17.5. The molecule has 0 bridgehead atoms. The van der Waals surface area contributed by atoms with Gasteiger partial charge in [-0.15, -0.1) is 0 Å². The van der Waals surface area contributed by atoms with Gasteiger partial charge in [-0.2, -0.15) is 11.8 Å². The molecule has 3 atom stereocenters. The summed E-state index contributed by atoms with van der Waals surface area (Å²) in [5, 5.41) is 25.4. The summed E-state index contributed by atoms with van der Waals surface area (Å²) in [6, 6.07) is 11.9. The lowest BCUT2D eigenvalue weighted by molar-refractivity contribution is -0.134. The quantitative estimate of drug-likeness (QED) is 0.158. The molecule has 2 saturated heterocycles. The Bertz CT molecular complexity index is 988. The third-order valence-electron chi connectivity index (χ3n) is 5.56. The highest BCUT2D eigenvalue weighted by Crippen LogP contribution is 2.33. The third kappa shape index (κ3) is 5.76. The van der Waals surface area contributed by atoms with Crippen LogP contribution in [-0.4, -0.2) is 45.3 Å². The summed E-state index contributed by atoms with van der Waals surface area (Å²) in [4.78, 5) is 23.6. The lowest BCUT2D eigenvalue weighted by Gasteiger charge is -2.16. The van der Waals surface area contributed by atoms with Gasteiger partial charge in [0.15, 0.2) is 0 Å². The van der Waals surface area contributed by atoms with Gasteiger partial charge in [0.25, 0.3) is 0 Å². The van der Waals surface area contributed by atoms with Crippen LogP contribution in [0.2, 0.25) is 0 Å². The maximum absolute atomic E-state index is 12.1. The highest BCUT2D eigenvalue weighted by Gasteiger charge is 2.42. The predicted octanol–water partition coefficient (Wildman–Crippen LogP) is 3.90. The van der Waals surface area contributed by atoms with Gasteiger partial charge < -0.3 is 25.6 Å². The number of hydrogen-bond donors (Lipinski definition) is 4. The summed E-state index contributed by atoms with van der Waals surface area (Å²) in [6.45, 7) is 0. The van der Waals surface area contributed by atoms with Crippen LogP contribution in [0.15, 0.2) is 42.5 Å². The van der Waals surface area contributed by atoms with Crippen LogP contribution in [0, 0.1) is 0 Å². The van der Waals surface area contributed by atoms with Crippen molar-refractivity contribution in [2.24, 2.45) is 0 Å². The van der Waals surface area contributed by atoms with E-state index in [1.54, 1.807) is 30.3 Å². The number of carbonyl (C=O) groups is 2. The molecule has 2 aliphatic rings. The Morgan fingerprint density at radius 1 is 1.03 bits per heavy atom. The number of phenols is 2. The molecule has 0 aromatic heterocycles. The van der Waals surface area contributed by atoms with Crippen molar-refractivity contribution >= 4 is 35.9 Å². The number of ether oxygens (including phenoxy) is 1. The summed E-state index contributed by atoms with van der Waals surface area (Å²) in [7, 11) is 0. The maximum Gasteiger partial charge on any atom is 0.315 e. The molecular weight excluding hydrogens is 428 g/mol. The number of thioether (sulfide) groups is 1. The Balaban J connectivity index is 1.18. The molecule has 0 saturated carbocycles. The zero-order chi connectivity index (χ0) is 22.5. The van der Waals surface area contributed by atoms with Crippen molar-refractivity contribution in [2.45, 2.75) is 43.0 Å². The largest absolute Gasteiger partial charge is 0.508 e. The molecule has 2 heterocycles. The molecule has 4 N–H and O–H groups in total. The number of rotatable bonds is 8. The first kappa shape index (κ1) is 22.1. The van der Waals surface area contributed by atoms with Gasteiger partial charge in [0, 0.05) is 23.5 Å². The van der Waals surface area contributed by atoms with E-state index in [1.165, 1.54) is 6.07 Å². The lowest BCUT2D eigenvalue weighted by Crippen LogP contribution is -2.36. The average molecular weight is 455 g/mol. The van der Waals surface area contributed by atoms with E-state index in [9.17, 15) is 19.8 Å². The van der Waals surface area contributed by atoms with Gasteiger partial charge >= 0.3 is 12.0 Å². The molecule has 2 amide bonds. The fourth-order valence-electron chi connectivity index (χ4n) is 3.99. The number of hydrogen-bond acceptors (Lipinski definition) is 6. The van der Waals surface area contributed by atoms with E-state index in [-0.39, 0.29) is 35.6 Å². The Kier molecular flexibility index (Phi) is 6.90. The number of urea groups is 1. The topological polar surface area (TPSA) is 108 Å². The van der Waals surface area contributed by atoms with E-state index in [2.05, 4.69) is 10.6 Å². The van der Waals surface area contributed by atoms with Crippen molar-refractivity contribution in [3.05, 3.63) is 53.6 Å². The molecule has 8 heteroatoms. The van der Waals surface area contributed by atoms with Crippen molar-refractivity contribution in [1.29, 1.82) is 0 Å². The molecule has 2 fully saturated rings. The average Bonchev–Trinajstić information content (AvgIpc) is 3.29. The smallest absolute Gasteiger partial charge is 0.315 e. The first-order chi connectivity index (χ1) is 15.5. The molecule has 4 rings (SSSR count). The number of phenolic OH excluding ortho intramolecular Hbond substituents is 2. The Morgan fingerprint density at radius 2 is 1.75 bits per heavy atom. The summed E-state index contributed by atoms with van der Waals surface area (Å²) in [6.07, 6.45) is 6.62.